The van der Waals surface area contributed by atoms with Gasteiger partial charge in [0.1, 0.15) is 5.75 Å². The fourth-order valence-electron chi connectivity index (χ4n) is 1.28. The molecule has 0 fully saturated rings. The zero-order valence-corrected chi connectivity index (χ0v) is 10.5. The first-order valence-corrected chi connectivity index (χ1v) is 7.07. The highest BCUT2D eigenvalue weighted by Gasteiger charge is 2.23. The highest BCUT2D eigenvalue weighted by molar-refractivity contribution is 7.54. The van der Waals surface area contributed by atoms with Crippen molar-refractivity contribution in [3.8, 4) is 5.75 Å². The molecule has 0 amide bonds. The smallest absolute Gasteiger partial charge is 0.379 e. The summed E-state index contributed by atoms with van der Waals surface area (Å²) < 4.78 is 22.8. The van der Waals surface area contributed by atoms with E-state index < -0.39 is 7.60 Å². The molecular weight excluding hydrogens is 225 g/mol. The zero-order chi connectivity index (χ0) is 12.0. The van der Waals surface area contributed by atoms with Crippen LogP contribution in [0.5, 0.6) is 5.75 Å². The SMILES string of the molecule is CCCP(=O)(OCC)Oc1ccc([NH-])cc1. The highest BCUT2D eigenvalue weighted by atomic mass is 31.2. The molecule has 1 aromatic carbocycles. The van der Waals surface area contributed by atoms with Crippen LogP contribution in [0.1, 0.15) is 20.3 Å². The largest absolute Gasteiger partial charge is 0.699 e. The van der Waals surface area contributed by atoms with Crippen LogP contribution >= 0.6 is 7.60 Å². The van der Waals surface area contributed by atoms with E-state index in [0.717, 1.165) is 6.42 Å². The van der Waals surface area contributed by atoms with Crippen molar-refractivity contribution < 1.29 is 13.6 Å². The molecule has 1 N–H and O–H groups in total. The number of hydrogen-bond acceptors (Lipinski definition) is 3. The van der Waals surface area contributed by atoms with E-state index in [9.17, 15) is 4.57 Å². The summed E-state index contributed by atoms with van der Waals surface area (Å²) in [5, 5.41) is 0. The summed E-state index contributed by atoms with van der Waals surface area (Å²) in [5.74, 6) is 0.487. The first-order valence-electron chi connectivity index (χ1n) is 5.34. The van der Waals surface area contributed by atoms with Gasteiger partial charge in [-0.05, 0) is 25.5 Å². The molecule has 0 aliphatic heterocycles. The van der Waals surface area contributed by atoms with Crippen LogP contribution in [0, 0.1) is 0 Å². The van der Waals surface area contributed by atoms with Gasteiger partial charge in [0.05, 0.1) is 12.8 Å². The van der Waals surface area contributed by atoms with E-state index in [1.165, 1.54) is 0 Å². The molecule has 16 heavy (non-hydrogen) atoms. The minimum Gasteiger partial charge on any atom is -0.699 e. The van der Waals surface area contributed by atoms with E-state index in [0.29, 0.717) is 24.2 Å². The van der Waals surface area contributed by atoms with Gasteiger partial charge in [-0.1, -0.05) is 19.1 Å². The topological polar surface area (TPSA) is 59.3 Å². The van der Waals surface area contributed by atoms with E-state index in [1.807, 2.05) is 6.92 Å². The third-order valence-corrected chi connectivity index (χ3v) is 4.06. The van der Waals surface area contributed by atoms with Crippen LogP contribution in [-0.4, -0.2) is 12.8 Å². The molecule has 0 saturated heterocycles. The Kier molecular flexibility index (Phi) is 4.84. The van der Waals surface area contributed by atoms with Crippen LogP contribution in [-0.2, 0) is 9.09 Å². The summed E-state index contributed by atoms with van der Waals surface area (Å²) in [5.41, 5.74) is 7.73. The van der Waals surface area contributed by atoms with Crippen LogP contribution in [0.4, 0.5) is 5.69 Å². The number of benzene rings is 1. The Bertz CT molecular complexity index is 354. The lowest BCUT2D eigenvalue weighted by Gasteiger charge is -2.18. The second kappa shape index (κ2) is 5.92. The summed E-state index contributed by atoms with van der Waals surface area (Å²) in [7, 11) is -3.02. The van der Waals surface area contributed by atoms with Gasteiger partial charge >= 0.3 is 7.60 Å². The second-order valence-corrected chi connectivity index (χ2v) is 5.48. The summed E-state index contributed by atoms with van der Waals surface area (Å²) in [6.45, 7) is 4.09. The van der Waals surface area contributed by atoms with Crippen molar-refractivity contribution in [1.82, 2.24) is 0 Å². The van der Waals surface area contributed by atoms with Crippen LogP contribution < -0.4 is 4.52 Å². The molecule has 1 unspecified atom stereocenters. The average Bonchev–Trinajstić information content (AvgIpc) is 2.22. The maximum absolute atomic E-state index is 12.2. The van der Waals surface area contributed by atoms with Crippen molar-refractivity contribution in [2.75, 3.05) is 12.8 Å². The van der Waals surface area contributed by atoms with Crippen molar-refractivity contribution in [3.63, 3.8) is 0 Å². The number of hydrogen-bond donors (Lipinski definition) is 0. The summed E-state index contributed by atoms with van der Waals surface area (Å²) >= 11 is 0. The van der Waals surface area contributed by atoms with Crippen LogP contribution in [0.25, 0.3) is 5.73 Å². The van der Waals surface area contributed by atoms with E-state index in [-0.39, 0.29) is 0 Å². The summed E-state index contributed by atoms with van der Waals surface area (Å²) in [6.07, 6.45) is 1.15. The second-order valence-electron chi connectivity index (χ2n) is 3.37. The molecule has 0 radical (unpaired) electrons. The molecule has 1 aromatic rings. The normalized spacial score (nSPS) is 14.4. The quantitative estimate of drug-likeness (QED) is 0.695. The molecular formula is C11H17NO3P-. The Labute approximate surface area is 96.3 Å². The van der Waals surface area contributed by atoms with Gasteiger partial charge in [-0.15, -0.1) is 5.69 Å². The Morgan fingerprint density at radius 1 is 1.25 bits per heavy atom. The van der Waals surface area contributed by atoms with Crippen molar-refractivity contribution in [1.29, 1.82) is 0 Å². The van der Waals surface area contributed by atoms with Crippen molar-refractivity contribution in [2.45, 2.75) is 20.3 Å². The fourth-order valence-corrected chi connectivity index (χ4v) is 2.94. The van der Waals surface area contributed by atoms with Gasteiger partial charge in [-0.3, -0.25) is 0 Å². The average molecular weight is 242 g/mol. The molecule has 0 aliphatic rings. The van der Waals surface area contributed by atoms with E-state index in [2.05, 4.69) is 0 Å². The maximum Gasteiger partial charge on any atom is 0.379 e. The van der Waals surface area contributed by atoms with Gasteiger partial charge in [-0.2, -0.15) is 0 Å². The minimum absolute atomic E-state index is 0.369. The first kappa shape index (κ1) is 13.1. The van der Waals surface area contributed by atoms with Gasteiger partial charge in [0.15, 0.2) is 0 Å². The van der Waals surface area contributed by atoms with E-state index in [4.69, 9.17) is 14.8 Å². The van der Waals surface area contributed by atoms with Crippen LogP contribution in [0.15, 0.2) is 24.3 Å². The molecule has 0 heterocycles. The molecule has 0 spiro atoms. The summed E-state index contributed by atoms with van der Waals surface area (Å²) in [4.78, 5) is 0. The van der Waals surface area contributed by atoms with E-state index >= 15 is 0 Å². The Morgan fingerprint density at radius 2 is 1.88 bits per heavy atom. The van der Waals surface area contributed by atoms with Gasteiger partial charge in [-0.25, -0.2) is 4.57 Å². The predicted octanol–water partition coefficient (Wildman–Crippen LogP) is 4.39. The van der Waals surface area contributed by atoms with Gasteiger partial charge in [0, 0.05) is 0 Å². The molecule has 1 atom stereocenters. The number of rotatable bonds is 6. The van der Waals surface area contributed by atoms with Crippen molar-refractivity contribution in [2.24, 2.45) is 0 Å². The standard InChI is InChI=1S/C11H17NO3P/c1-3-9-16(13,14-4-2)15-11-7-5-10(12)6-8-11/h5-8,12H,3-4,9H2,1-2H3/q-1. The Morgan fingerprint density at radius 3 is 2.38 bits per heavy atom. The third kappa shape index (κ3) is 3.87. The van der Waals surface area contributed by atoms with E-state index in [1.54, 1.807) is 31.2 Å². The molecule has 0 saturated carbocycles. The van der Waals surface area contributed by atoms with Crippen LogP contribution in [0.2, 0.25) is 0 Å². The highest BCUT2D eigenvalue weighted by Crippen LogP contribution is 2.48. The molecule has 5 heteroatoms. The van der Waals surface area contributed by atoms with Crippen molar-refractivity contribution >= 4 is 13.3 Å². The molecule has 90 valence electrons. The third-order valence-electron chi connectivity index (χ3n) is 1.92. The molecule has 1 rings (SSSR count). The first-order chi connectivity index (χ1) is 7.59. The fraction of sp³-hybridized carbons (Fsp3) is 0.455. The Hall–Kier alpha value is -0.990. The maximum atomic E-state index is 12.2. The Balaban J connectivity index is 2.75. The molecule has 0 aliphatic carbocycles. The summed E-state index contributed by atoms with van der Waals surface area (Å²) in [6, 6.07) is 6.45. The lowest BCUT2D eigenvalue weighted by Crippen LogP contribution is -2.01. The number of nitrogens with one attached hydrogen (secondary N) is 1. The molecule has 0 aromatic heterocycles. The van der Waals surface area contributed by atoms with Crippen molar-refractivity contribution in [3.05, 3.63) is 30.0 Å². The zero-order valence-electron chi connectivity index (χ0n) is 9.60. The van der Waals surface area contributed by atoms with Gasteiger partial charge in [0.2, 0.25) is 0 Å². The minimum atomic E-state index is -3.02. The van der Waals surface area contributed by atoms with Gasteiger partial charge < -0.3 is 14.8 Å². The lowest BCUT2D eigenvalue weighted by atomic mass is 10.3. The van der Waals surface area contributed by atoms with Gasteiger partial charge in [0.25, 0.3) is 0 Å². The predicted molar refractivity (Wildman–Crippen MR) is 65.4 cm³/mol. The molecule has 4 nitrogen and oxygen atoms in total. The van der Waals surface area contributed by atoms with Crippen LogP contribution in [0.3, 0.4) is 0 Å². The monoisotopic (exact) mass is 242 g/mol. The lowest BCUT2D eigenvalue weighted by molar-refractivity contribution is 0.279. The molecule has 0 bridgehead atoms.